The summed E-state index contributed by atoms with van der Waals surface area (Å²) in [5, 5.41) is 5.42. The molecule has 1 saturated carbocycles. The summed E-state index contributed by atoms with van der Waals surface area (Å²) >= 11 is 0. The Kier molecular flexibility index (Phi) is 5.20. The number of benzene rings is 1. The van der Waals surface area contributed by atoms with Gasteiger partial charge in [0.2, 0.25) is 0 Å². The molecule has 1 aliphatic rings. The maximum atomic E-state index is 12.0. The number of anilines is 1. The number of amides is 2. The Morgan fingerprint density at radius 3 is 2.57 bits per heavy atom. The second kappa shape index (κ2) is 7.11. The fourth-order valence-corrected chi connectivity index (χ4v) is 2.69. The number of hydrogen-bond acceptors (Lipinski definition) is 3. The SMILES string of the molecule is COc1ccccc1NC(=O)C(=O)N[C@H]1CCCC[C@H]1C. The highest BCUT2D eigenvalue weighted by molar-refractivity contribution is 6.39. The topological polar surface area (TPSA) is 67.4 Å². The third kappa shape index (κ3) is 3.97. The largest absolute Gasteiger partial charge is 0.495 e. The first-order valence-electron chi connectivity index (χ1n) is 7.36. The third-order valence-corrected chi connectivity index (χ3v) is 3.99. The van der Waals surface area contributed by atoms with Crippen LogP contribution in [-0.2, 0) is 9.59 Å². The quantitative estimate of drug-likeness (QED) is 0.840. The molecule has 0 aromatic heterocycles. The molecule has 1 aliphatic carbocycles. The van der Waals surface area contributed by atoms with Crippen molar-refractivity contribution in [3.05, 3.63) is 24.3 Å². The normalized spacial score (nSPS) is 21.4. The molecule has 2 rings (SSSR count). The van der Waals surface area contributed by atoms with Crippen molar-refractivity contribution < 1.29 is 14.3 Å². The Labute approximate surface area is 125 Å². The fraction of sp³-hybridized carbons (Fsp3) is 0.500. The van der Waals surface area contributed by atoms with Crippen molar-refractivity contribution in [3.63, 3.8) is 0 Å². The highest BCUT2D eigenvalue weighted by Crippen LogP contribution is 2.24. The highest BCUT2D eigenvalue weighted by Gasteiger charge is 2.25. The van der Waals surface area contributed by atoms with E-state index >= 15 is 0 Å². The van der Waals surface area contributed by atoms with Crippen LogP contribution in [0, 0.1) is 5.92 Å². The van der Waals surface area contributed by atoms with Crippen LogP contribution < -0.4 is 15.4 Å². The Hall–Kier alpha value is -2.04. The minimum Gasteiger partial charge on any atom is -0.495 e. The molecule has 0 radical (unpaired) electrons. The molecule has 1 fully saturated rings. The minimum atomic E-state index is -0.655. The molecule has 0 spiro atoms. The van der Waals surface area contributed by atoms with Gasteiger partial charge in [0.15, 0.2) is 0 Å². The average Bonchev–Trinajstić information content (AvgIpc) is 2.50. The van der Waals surface area contributed by atoms with Gasteiger partial charge in [-0.2, -0.15) is 0 Å². The standard InChI is InChI=1S/C16H22N2O3/c1-11-7-3-4-8-12(11)17-15(19)16(20)18-13-9-5-6-10-14(13)21-2/h5-6,9-12H,3-4,7-8H2,1-2H3,(H,17,19)(H,18,20)/t11-,12+/m1/s1. The van der Waals surface area contributed by atoms with Crippen molar-refractivity contribution in [2.45, 2.75) is 38.6 Å². The second-order valence-electron chi connectivity index (χ2n) is 5.50. The first-order valence-corrected chi connectivity index (χ1v) is 7.36. The molecular formula is C16H22N2O3. The van der Waals surface area contributed by atoms with Gasteiger partial charge in [0.1, 0.15) is 5.75 Å². The molecule has 0 heterocycles. The van der Waals surface area contributed by atoms with Crippen LogP contribution in [0.25, 0.3) is 0 Å². The van der Waals surface area contributed by atoms with E-state index in [-0.39, 0.29) is 6.04 Å². The highest BCUT2D eigenvalue weighted by atomic mass is 16.5. The number of rotatable bonds is 3. The van der Waals surface area contributed by atoms with Crippen molar-refractivity contribution >= 4 is 17.5 Å². The van der Waals surface area contributed by atoms with E-state index in [1.807, 2.05) is 0 Å². The van der Waals surface area contributed by atoms with Crippen molar-refractivity contribution in [2.24, 2.45) is 5.92 Å². The zero-order valence-corrected chi connectivity index (χ0v) is 12.5. The summed E-state index contributed by atoms with van der Waals surface area (Å²) in [6.07, 6.45) is 4.33. The van der Waals surface area contributed by atoms with Crippen molar-refractivity contribution in [2.75, 3.05) is 12.4 Å². The lowest BCUT2D eigenvalue weighted by Gasteiger charge is -2.29. The number of ether oxygens (including phenoxy) is 1. The zero-order chi connectivity index (χ0) is 15.2. The van der Waals surface area contributed by atoms with E-state index in [9.17, 15) is 9.59 Å². The van der Waals surface area contributed by atoms with Crippen LogP contribution in [0.5, 0.6) is 5.75 Å². The lowest BCUT2D eigenvalue weighted by atomic mass is 9.86. The van der Waals surface area contributed by atoms with E-state index in [0.717, 1.165) is 19.3 Å². The molecule has 21 heavy (non-hydrogen) atoms. The molecule has 2 N–H and O–H groups in total. The lowest BCUT2D eigenvalue weighted by molar-refractivity contribution is -0.137. The van der Waals surface area contributed by atoms with Gasteiger partial charge in [-0.25, -0.2) is 0 Å². The van der Waals surface area contributed by atoms with E-state index in [1.165, 1.54) is 13.5 Å². The van der Waals surface area contributed by atoms with Gasteiger partial charge in [-0.3, -0.25) is 9.59 Å². The van der Waals surface area contributed by atoms with Crippen LogP contribution in [0.1, 0.15) is 32.6 Å². The van der Waals surface area contributed by atoms with Crippen molar-refractivity contribution in [1.82, 2.24) is 5.32 Å². The maximum Gasteiger partial charge on any atom is 0.313 e. The summed E-state index contributed by atoms with van der Waals surface area (Å²) < 4.78 is 5.15. The summed E-state index contributed by atoms with van der Waals surface area (Å²) in [7, 11) is 1.52. The van der Waals surface area contributed by atoms with Gasteiger partial charge in [-0.05, 0) is 30.9 Å². The number of methoxy groups -OCH3 is 1. The lowest BCUT2D eigenvalue weighted by Crippen LogP contribution is -2.45. The molecule has 0 aliphatic heterocycles. The number of para-hydroxylation sites is 2. The van der Waals surface area contributed by atoms with Crippen LogP contribution in [0.3, 0.4) is 0 Å². The summed E-state index contributed by atoms with van der Waals surface area (Å²) in [5.74, 6) is -0.289. The van der Waals surface area contributed by atoms with E-state index in [2.05, 4.69) is 17.6 Å². The van der Waals surface area contributed by atoms with E-state index in [1.54, 1.807) is 24.3 Å². The Morgan fingerprint density at radius 1 is 1.14 bits per heavy atom. The molecule has 1 aromatic carbocycles. The van der Waals surface area contributed by atoms with E-state index in [4.69, 9.17) is 4.74 Å². The number of carbonyl (C=O) groups is 2. The molecule has 5 heteroatoms. The molecular weight excluding hydrogens is 268 g/mol. The molecule has 2 atom stereocenters. The molecule has 1 aromatic rings. The van der Waals surface area contributed by atoms with Crippen LogP contribution >= 0.6 is 0 Å². The van der Waals surface area contributed by atoms with Gasteiger partial charge >= 0.3 is 11.8 Å². The van der Waals surface area contributed by atoms with Gasteiger partial charge in [0.05, 0.1) is 12.8 Å². The van der Waals surface area contributed by atoms with Gasteiger partial charge in [0.25, 0.3) is 0 Å². The summed E-state index contributed by atoms with van der Waals surface area (Å²) in [4.78, 5) is 24.0. The van der Waals surface area contributed by atoms with Gasteiger partial charge in [-0.15, -0.1) is 0 Å². The molecule has 0 bridgehead atoms. The molecule has 2 amide bonds. The predicted octanol–water partition coefficient (Wildman–Crippen LogP) is 2.33. The average molecular weight is 290 g/mol. The maximum absolute atomic E-state index is 12.0. The molecule has 0 saturated heterocycles. The fourth-order valence-electron chi connectivity index (χ4n) is 2.69. The molecule has 0 unspecified atom stereocenters. The smallest absolute Gasteiger partial charge is 0.313 e. The van der Waals surface area contributed by atoms with E-state index in [0.29, 0.717) is 17.4 Å². The van der Waals surface area contributed by atoms with Crippen LogP contribution in [0.15, 0.2) is 24.3 Å². The van der Waals surface area contributed by atoms with Crippen molar-refractivity contribution in [3.8, 4) is 5.75 Å². The minimum absolute atomic E-state index is 0.0923. The van der Waals surface area contributed by atoms with Crippen molar-refractivity contribution in [1.29, 1.82) is 0 Å². The molecule has 5 nitrogen and oxygen atoms in total. The monoisotopic (exact) mass is 290 g/mol. The predicted molar refractivity (Wildman–Crippen MR) is 81.2 cm³/mol. The second-order valence-corrected chi connectivity index (χ2v) is 5.50. The third-order valence-electron chi connectivity index (χ3n) is 3.99. The number of carbonyl (C=O) groups excluding carboxylic acids is 2. The Morgan fingerprint density at radius 2 is 1.86 bits per heavy atom. The summed E-state index contributed by atoms with van der Waals surface area (Å²) in [5.41, 5.74) is 0.497. The first kappa shape index (κ1) is 15.4. The van der Waals surface area contributed by atoms with Crippen LogP contribution in [0.4, 0.5) is 5.69 Å². The zero-order valence-electron chi connectivity index (χ0n) is 12.5. The first-order chi connectivity index (χ1) is 10.1. The van der Waals surface area contributed by atoms with Crippen LogP contribution in [-0.4, -0.2) is 25.0 Å². The number of nitrogens with one attached hydrogen (secondary N) is 2. The van der Waals surface area contributed by atoms with Crippen LogP contribution in [0.2, 0.25) is 0 Å². The Balaban J connectivity index is 1.94. The molecule has 114 valence electrons. The number of hydrogen-bond donors (Lipinski definition) is 2. The Bertz CT molecular complexity index is 516. The van der Waals surface area contributed by atoms with E-state index < -0.39 is 11.8 Å². The van der Waals surface area contributed by atoms with Gasteiger partial charge in [0, 0.05) is 6.04 Å². The summed E-state index contributed by atoms with van der Waals surface area (Å²) in [6, 6.07) is 7.11. The van der Waals surface area contributed by atoms with Gasteiger partial charge < -0.3 is 15.4 Å². The summed E-state index contributed by atoms with van der Waals surface area (Å²) in [6.45, 7) is 2.11. The van der Waals surface area contributed by atoms with Gasteiger partial charge in [-0.1, -0.05) is 31.9 Å².